The molecule has 2 rings (SSSR count). The molecule has 0 amide bonds. The molecule has 4 nitrogen and oxygen atoms in total. The fourth-order valence-electron chi connectivity index (χ4n) is 1.97. The minimum atomic E-state index is 0.395. The standard InChI is InChI=1S/C15H19N3O/c1-10(2)13-8-11(4-7-15(13)19-3)14-6-5-12(9-16)17-18-14/h4-8,10H,9,16H2,1-3H3. The molecule has 0 spiro atoms. The normalized spacial score (nSPS) is 10.8. The Morgan fingerprint density at radius 3 is 2.47 bits per heavy atom. The van der Waals surface area contributed by atoms with Crippen molar-refractivity contribution in [2.45, 2.75) is 26.3 Å². The van der Waals surface area contributed by atoms with Crippen molar-refractivity contribution in [3.63, 3.8) is 0 Å². The van der Waals surface area contributed by atoms with E-state index in [1.54, 1.807) is 7.11 Å². The summed E-state index contributed by atoms with van der Waals surface area (Å²) < 4.78 is 5.38. The van der Waals surface area contributed by atoms with Crippen LogP contribution in [0.1, 0.15) is 31.0 Å². The average molecular weight is 257 g/mol. The Morgan fingerprint density at radius 1 is 1.16 bits per heavy atom. The van der Waals surface area contributed by atoms with Crippen LogP contribution < -0.4 is 10.5 Å². The lowest BCUT2D eigenvalue weighted by Gasteiger charge is -2.13. The Hall–Kier alpha value is -1.94. The van der Waals surface area contributed by atoms with E-state index in [0.717, 1.165) is 22.7 Å². The van der Waals surface area contributed by atoms with Gasteiger partial charge in [-0.3, -0.25) is 0 Å². The van der Waals surface area contributed by atoms with Gasteiger partial charge in [0.1, 0.15) is 5.75 Å². The van der Waals surface area contributed by atoms with E-state index in [1.807, 2.05) is 24.3 Å². The summed E-state index contributed by atoms with van der Waals surface area (Å²) in [5.74, 6) is 1.30. The Labute approximate surface area is 113 Å². The summed E-state index contributed by atoms with van der Waals surface area (Å²) in [6, 6.07) is 9.93. The highest BCUT2D eigenvalue weighted by Gasteiger charge is 2.10. The van der Waals surface area contributed by atoms with E-state index < -0.39 is 0 Å². The molecule has 0 saturated heterocycles. The van der Waals surface area contributed by atoms with Crippen LogP contribution in [-0.2, 0) is 6.54 Å². The first kappa shape index (κ1) is 13.5. The molecule has 1 aromatic heterocycles. The number of nitrogens with two attached hydrogens (primary N) is 1. The van der Waals surface area contributed by atoms with Crippen molar-refractivity contribution in [1.29, 1.82) is 0 Å². The van der Waals surface area contributed by atoms with Crippen molar-refractivity contribution in [1.82, 2.24) is 10.2 Å². The van der Waals surface area contributed by atoms with Crippen molar-refractivity contribution in [3.8, 4) is 17.0 Å². The third-order valence-electron chi connectivity index (χ3n) is 3.08. The maximum Gasteiger partial charge on any atom is 0.122 e. The maximum absolute atomic E-state index is 5.52. The number of nitrogens with zero attached hydrogens (tertiary/aromatic N) is 2. The highest BCUT2D eigenvalue weighted by atomic mass is 16.5. The molecule has 0 aliphatic heterocycles. The molecule has 1 aromatic carbocycles. The lowest BCUT2D eigenvalue weighted by Crippen LogP contribution is -2.01. The molecule has 2 aromatic rings. The van der Waals surface area contributed by atoms with Gasteiger partial charge in [-0.15, -0.1) is 0 Å². The molecular weight excluding hydrogens is 238 g/mol. The maximum atomic E-state index is 5.52. The van der Waals surface area contributed by atoms with Crippen molar-refractivity contribution in [3.05, 3.63) is 41.6 Å². The molecule has 0 atom stereocenters. The quantitative estimate of drug-likeness (QED) is 0.914. The fraction of sp³-hybridized carbons (Fsp3) is 0.333. The second-order valence-electron chi connectivity index (χ2n) is 4.73. The summed E-state index contributed by atoms with van der Waals surface area (Å²) >= 11 is 0. The van der Waals surface area contributed by atoms with E-state index in [0.29, 0.717) is 12.5 Å². The molecule has 0 aliphatic carbocycles. The van der Waals surface area contributed by atoms with Crippen molar-refractivity contribution >= 4 is 0 Å². The van der Waals surface area contributed by atoms with Gasteiger partial charge in [0.05, 0.1) is 18.5 Å². The third-order valence-corrected chi connectivity index (χ3v) is 3.08. The van der Waals surface area contributed by atoms with Crippen molar-refractivity contribution < 1.29 is 4.74 Å². The zero-order valence-corrected chi connectivity index (χ0v) is 11.6. The first-order chi connectivity index (χ1) is 9.15. The van der Waals surface area contributed by atoms with Crippen LogP contribution in [0, 0.1) is 0 Å². The predicted molar refractivity (Wildman–Crippen MR) is 76.0 cm³/mol. The summed E-state index contributed by atoms with van der Waals surface area (Å²) in [6.07, 6.45) is 0. The van der Waals surface area contributed by atoms with E-state index in [9.17, 15) is 0 Å². The van der Waals surface area contributed by atoms with Gasteiger partial charge in [0.2, 0.25) is 0 Å². The largest absolute Gasteiger partial charge is 0.496 e. The van der Waals surface area contributed by atoms with Gasteiger partial charge in [0.15, 0.2) is 0 Å². The first-order valence-corrected chi connectivity index (χ1v) is 6.36. The van der Waals surface area contributed by atoms with Gasteiger partial charge in [-0.25, -0.2) is 0 Å². The minimum Gasteiger partial charge on any atom is -0.496 e. The summed E-state index contributed by atoms with van der Waals surface area (Å²) in [7, 11) is 1.69. The lowest BCUT2D eigenvalue weighted by molar-refractivity contribution is 0.407. The van der Waals surface area contributed by atoms with Crippen LogP contribution in [0.3, 0.4) is 0 Å². The number of benzene rings is 1. The number of methoxy groups -OCH3 is 1. The molecular formula is C15H19N3O. The Bertz CT molecular complexity index is 550. The van der Waals surface area contributed by atoms with E-state index in [2.05, 4.69) is 30.1 Å². The molecule has 0 radical (unpaired) electrons. The molecule has 0 saturated carbocycles. The van der Waals surface area contributed by atoms with Crippen LogP contribution in [-0.4, -0.2) is 17.3 Å². The fourth-order valence-corrected chi connectivity index (χ4v) is 1.97. The van der Waals surface area contributed by atoms with E-state index >= 15 is 0 Å². The molecule has 0 bridgehead atoms. The number of aromatic nitrogens is 2. The van der Waals surface area contributed by atoms with Crippen LogP contribution >= 0.6 is 0 Å². The van der Waals surface area contributed by atoms with Gasteiger partial charge in [-0.1, -0.05) is 13.8 Å². The zero-order chi connectivity index (χ0) is 13.8. The van der Waals surface area contributed by atoms with E-state index in [4.69, 9.17) is 10.5 Å². The summed E-state index contributed by atoms with van der Waals surface area (Å²) in [5, 5.41) is 8.29. The third kappa shape index (κ3) is 2.90. The highest BCUT2D eigenvalue weighted by molar-refractivity contribution is 5.62. The number of ether oxygens (including phenoxy) is 1. The smallest absolute Gasteiger partial charge is 0.122 e. The van der Waals surface area contributed by atoms with Gasteiger partial charge in [-0.05, 0) is 41.8 Å². The predicted octanol–water partition coefficient (Wildman–Crippen LogP) is 2.73. The second-order valence-corrected chi connectivity index (χ2v) is 4.73. The van der Waals surface area contributed by atoms with Crippen LogP contribution in [0.25, 0.3) is 11.3 Å². The molecule has 1 heterocycles. The molecule has 100 valence electrons. The molecule has 0 aliphatic rings. The van der Waals surface area contributed by atoms with Crippen LogP contribution in [0.4, 0.5) is 0 Å². The number of rotatable bonds is 4. The van der Waals surface area contributed by atoms with Gasteiger partial charge in [0.25, 0.3) is 0 Å². The molecule has 2 N–H and O–H groups in total. The zero-order valence-electron chi connectivity index (χ0n) is 11.6. The van der Waals surface area contributed by atoms with E-state index in [-0.39, 0.29) is 0 Å². The molecule has 0 fully saturated rings. The average Bonchev–Trinajstić information content (AvgIpc) is 2.46. The Morgan fingerprint density at radius 2 is 1.95 bits per heavy atom. The summed E-state index contributed by atoms with van der Waals surface area (Å²) in [6.45, 7) is 4.70. The van der Waals surface area contributed by atoms with Gasteiger partial charge >= 0.3 is 0 Å². The van der Waals surface area contributed by atoms with Crippen LogP contribution in [0.15, 0.2) is 30.3 Å². The minimum absolute atomic E-state index is 0.395. The number of hydrogen-bond donors (Lipinski definition) is 1. The molecule has 19 heavy (non-hydrogen) atoms. The monoisotopic (exact) mass is 257 g/mol. The SMILES string of the molecule is COc1ccc(-c2ccc(CN)nn2)cc1C(C)C. The lowest BCUT2D eigenvalue weighted by atomic mass is 9.98. The topological polar surface area (TPSA) is 61.0 Å². The van der Waals surface area contributed by atoms with E-state index in [1.165, 1.54) is 5.56 Å². The van der Waals surface area contributed by atoms with Crippen molar-refractivity contribution in [2.75, 3.05) is 7.11 Å². The van der Waals surface area contributed by atoms with Crippen molar-refractivity contribution in [2.24, 2.45) is 5.73 Å². The first-order valence-electron chi connectivity index (χ1n) is 6.36. The van der Waals surface area contributed by atoms with Gasteiger partial charge in [0, 0.05) is 12.1 Å². The molecule has 0 unspecified atom stereocenters. The Balaban J connectivity index is 2.41. The van der Waals surface area contributed by atoms with Gasteiger partial charge in [-0.2, -0.15) is 10.2 Å². The Kier molecular flexibility index (Phi) is 4.12. The van der Waals surface area contributed by atoms with Crippen LogP contribution in [0.5, 0.6) is 5.75 Å². The summed E-state index contributed by atoms with van der Waals surface area (Å²) in [5.41, 5.74) is 9.38. The van der Waals surface area contributed by atoms with Crippen LogP contribution in [0.2, 0.25) is 0 Å². The van der Waals surface area contributed by atoms with Gasteiger partial charge < -0.3 is 10.5 Å². The molecule has 4 heteroatoms. The highest BCUT2D eigenvalue weighted by Crippen LogP contribution is 2.30. The number of hydrogen-bond acceptors (Lipinski definition) is 4. The summed E-state index contributed by atoms with van der Waals surface area (Å²) in [4.78, 5) is 0. The second kappa shape index (κ2) is 5.80.